The Bertz CT molecular complexity index is 489. The molecule has 0 amide bonds. The van der Waals surface area contributed by atoms with Crippen molar-refractivity contribution in [1.29, 1.82) is 0 Å². The SMILES string of the molecule is CCC(CN)OC(C)=O.Cc1ccc(N2CCPCC2)c(F)c1. The number of nitrogens with two attached hydrogens (primary N) is 1. The standard InChI is InChI=1S/C11H15FNP.C6H13NO2/c1-9-2-3-11(10(12)8-9)13-4-6-14-7-5-13;1-3-6(4-7)9-5(2)8/h2-3,8,14H,4-7H2,1H3;6H,3-4,7H2,1-2H3. The summed E-state index contributed by atoms with van der Waals surface area (Å²) in [6, 6.07) is 5.50. The van der Waals surface area contributed by atoms with Gasteiger partial charge in [-0.05, 0) is 43.4 Å². The molecule has 2 N–H and O–H groups in total. The zero-order chi connectivity index (χ0) is 17.2. The first-order valence-electron chi connectivity index (χ1n) is 8.07. The molecule has 23 heavy (non-hydrogen) atoms. The summed E-state index contributed by atoms with van der Waals surface area (Å²) in [5.74, 6) is -0.331. The molecular formula is C17H28FN2O2P. The Labute approximate surface area is 140 Å². The maximum absolute atomic E-state index is 13.6. The van der Waals surface area contributed by atoms with Crippen LogP contribution in [0.2, 0.25) is 0 Å². The number of benzene rings is 1. The van der Waals surface area contributed by atoms with Crippen molar-refractivity contribution in [3.05, 3.63) is 29.6 Å². The average molecular weight is 342 g/mol. The van der Waals surface area contributed by atoms with Crippen LogP contribution in [0.25, 0.3) is 0 Å². The van der Waals surface area contributed by atoms with Gasteiger partial charge in [-0.3, -0.25) is 4.79 Å². The predicted octanol–water partition coefficient (Wildman–Crippen LogP) is 2.92. The zero-order valence-electron chi connectivity index (χ0n) is 14.3. The van der Waals surface area contributed by atoms with Crippen LogP contribution < -0.4 is 10.6 Å². The molecular weight excluding hydrogens is 314 g/mol. The molecule has 0 aromatic heterocycles. The summed E-state index contributed by atoms with van der Waals surface area (Å²) in [5, 5.41) is 0. The molecule has 1 heterocycles. The summed E-state index contributed by atoms with van der Waals surface area (Å²) in [6.45, 7) is 7.68. The first kappa shape index (κ1) is 19.9. The molecule has 6 heteroatoms. The van der Waals surface area contributed by atoms with Gasteiger partial charge in [0.2, 0.25) is 0 Å². The van der Waals surface area contributed by atoms with E-state index in [0.29, 0.717) is 6.54 Å². The molecule has 0 radical (unpaired) electrons. The molecule has 1 aliphatic rings. The summed E-state index contributed by atoms with van der Waals surface area (Å²) in [5.41, 5.74) is 7.02. The van der Waals surface area contributed by atoms with Gasteiger partial charge in [-0.25, -0.2) is 4.39 Å². The number of hydrogen-bond donors (Lipinski definition) is 1. The van der Waals surface area contributed by atoms with Gasteiger partial charge in [0.1, 0.15) is 11.9 Å². The van der Waals surface area contributed by atoms with Crippen LogP contribution in [0.4, 0.5) is 10.1 Å². The lowest BCUT2D eigenvalue weighted by Gasteiger charge is -2.29. The molecule has 1 aliphatic heterocycles. The summed E-state index contributed by atoms with van der Waals surface area (Å²) in [7, 11) is 1.06. The fraction of sp³-hybridized carbons (Fsp3) is 0.588. The Hall–Kier alpha value is -1.19. The number of esters is 1. The minimum atomic E-state index is -0.257. The van der Waals surface area contributed by atoms with E-state index in [2.05, 4.69) is 4.90 Å². The second-order valence-electron chi connectivity index (χ2n) is 5.57. The summed E-state index contributed by atoms with van der Waals surface area (Å²) in [6.07, 6.45) is 3.12. The van der Waals surface area contributed by atoms with Crippen LogP contribution in [0.1, 0.15) is 25.8 Å². The fourth-order valence-corrected chi connectivity index (χ4v) is 3.41. The van der Waals surface area contributed by atoms with Crippen LogP contribution in [0.15, 0.2) is 18.2 Å². The molecule has 0 spiro atoms. The Balaban J connectivity index is 0.000000257. The molecule has 1 fully saturated rings. The van der Waals surface area contributed by atoms with Crippen molar-refractivity contribution in [3.8, 4) is 0 Å². The lowest BCUT2D eigenvalue weighted by atomic mass is 10.2. The molecule has 1 atom stereocenters. The Morgan fingerprint density at radius 1 is 1.43 bits per heavy atom. The maximum Gasteiger partial charge on any atom is 0.302 e. The highest BCUT2D eigenvalue weighted by atomic mass is 31.1. The van der Waals surface area contributed by atoms with Crippen molar-refractivity contribution in [2.45, 2.75) is 33.3 Å². The molecule has 130 valence electrons. The summed E-state index contributed by atoms with van der Waals surface area (Å²) < 4.78 is 18.4. The Morgan fingerprint density at radius 2 is 2.09 bits per heavy atom. The summed E-state index contributed by atoms with van der Waals surface area (Å²) >= 11 is 0. The van der Waals surface area contributed by atoms with E-state index >= 15 is 0 Å². The van der Waals surface area contributed by atoms with Gasteiger partial charge in [-0.15, -0.1) is 8.58 Å². The second kappa shape index (κ2) is 10.6. The van der Waals surface area contributed by atoms with Gasteiger partial charge in [-0.1, -0.05) is 13.0 Å². The predicted molar refractivity (Wildman–Crippen MR) is 96.3 cm³/mol. The molecule has 0 aliphatic carbocycles. The molecule has 1 unspecified atom stereocenters. The van der Waals surface area contributed by atoms with Gasteiger partial charge in [0.05, 0.1) is 5.69 Å². The molecule has 1 aromatic rings. The number of rotatable bonds is 4. The number of nitrogens with zero attached hydrogens (tertiary/aromatic N) is 1. The third-order valence-corrected chi connectivity index (χ3v) is 4.77. The molecule has 1 saturated heterocycles. The Morgan fingerprint density at radius 3 is 2.52 bits per heavy atom. The maximum atomic E-state index is 13.6. The first-order valence-corrected chi connectivity index (χ1v) is 9.48. The highest BCUT2D eigenvalue weighted by Crippen LogP contribution is 2.25. The van der Waals surface area contributed by atoms with Crippen molar-refractivity contribution in [2.24, 2.45) is 5.73 Å². The van der Waals surface area contributed by atoms with E-state index < -0.39 is 0 Å². The molecule has 0 saturated carbocycles. The number of aryl methyl sites for hydroxylation is 1. The monoisotopic (exact) mass is 342 g/mol. The third kappa shape index (κ3) is 7.28. The van der Waals surface area contributed by atoms with Gasteiger partial charge in [0.15, 0.2) is 0 Å². The molecule has 4 nitrogen and oxygen atoms in total. The zero-order valence-corrected chi connectivity index (χ0v) is 15.3. The first-order chi connectivity index (χ1) is 11.0. The quantitative estimate of drug-likeness (QED) is 0.675. The normalized spacial score (nSPS) is 15.4. The van der Waals surface area contributed by atoms with E-state index in [1.54, 1.807) is 6.07 Å². The van der Waals surface area contributed by atoms with Gasteiger partial charge in [0, 0.05) is 26.6 Å². The number of ether oxygens (including phenoxy) is 1. The highest BCUT2D eigenvalue weighted by molar-refractivity contribution is 7.38. The van der Waals surface area contributed by atoms with Crippen LogP contribution in [0.3, 0.4) is 0 Å². The van der Waals surface area contributed by atoms with E-state index in [1.807, 2.05) is 26.0 Å². The van der Waals surface area contributed by atoms with Crippen molar-refractivity contribution >= 4 is 20.2 Å². The van der Waals surface area contributed by atoms with Gasteiger partial charge >= 0.3 is 5.97 Å². The van der Waals surface area contributed by atoms with Gasteiger partial charge in [0.25, 0.3) is 0 Å². The van der Waals surface area contributed by atoms with Gasteiger partial charge < -0.3 is 15.4 Å². The highest BCUT2D eigenvalue weighted by Gasteiger charge is 2.14. The second-order valence-corrected chi connectivity index (χ2v) is 7.07. The van der Waals surface area contributed by atoms with Crippen molar-refractivity contribution in [3.63, 3.8) is 0 Å². The van der Waals surface area contributed by atoms with Crippen LogP contribution >= 0.6 is 8.58 Å². The van der Waals surface area contributed by atoms with Crippen molar-refractivity contribution in [2.75, 3.05) is 36.9 Å². The molecule has 2 rings (SSSR count). The van der Waals surface area contributed by atoms with Crippen LogP contribution in [0.5, 0.6) is 0 Å². The van der Waals surface area contributed by atoms with Crippen LogP contribution in [0, 0.1) is 12.7 Å². The van der Waals surface area contributed by atoms with Crippen molar-refractivity contribution in [1.82, 2.24) is 0 Å². The van der Waals surface area contributed by atoms with Crippen molar-refractivity contribution < 1.29 is 13.9 Å². The molecule has 0 bridgehead atoms. The van der Waals surface area contributed by atoms with E-state index in [1.165, 1.54) is 19.2 Å². The fourth-order valence-electron chi connectivity index (χ4n) is 2.31. The number of hydrogen-bond acceptors (Lipinski definition) is 4. The number of carbonyl (C=O) groups is 1. The van der Waals surface area contributed by atoms with Crippen LogP contribution in [-0.4, -0.2) is 44.0 Å². The molecule has 1 aromatic carbocycles. The van der Waals surface area contributed by atoms with E-state index in [-0.39, 0.29) is 17.9 Å². The lowest BCUT2D eigenvalue weighted by molar-refractivity contribution is -0.145. The van der Waals surface area contributed by atoms with E-state index in [9.17, 15) is 9.18 Å². The average Bonchev–Trinajstić information content (AvgIpc) is 2.54. The summed E-state index contributed by atoms with van der Waals surface area (Å²) in [4.78, 5) is 12.5. The number of carbonyl (C=O) groups excluding carboxylic acids is 1. The lowest BCUT2D eigenvalue weighted by Crippen LogP contribution is -2.32. The largest absolute Gasteiger partial charge is 0.461 e. The number of anilines is 1. The van der Waals surface area contributed by atoms with E-state index in [4.69, 9.17) is 10.5 Å². The smallest absolute Gasteiger partial charge is 0.302 e. The van der Waals surface area contributed by atoms with E-state index in [0.717, 1.165) is 39.3 Å². The van der Waals surface area contributed by atoms with Gasteiger partial charge in [-0.2, -0.15) is 0 Å². The third-order valence-electron chi connectivity index (χ3n) is 3.61. The minimum Gasteiger partial charge on any atom is -0.461 e. The topological polar surface area (TPSA) is 55.6 Å². The van der Waals surface area contributed by atoms with Crippen LogP contribution in [-0.2, 0) is 9.53 Å². The minimum absolute atomic E-state index is 0.0739. The number of halogens is 1. The Kier molecular flexibility index (Phi) is 9.12.